The number of carbonyl (C=O) groups excluding carboxylic acids is 1. The highest BCUT2D eigenvalue weighted by Gasteiger charge is 2.14. The van der Waals surface area contributed by atoms with Crippen molar-refractivity contribution in [2.24, 2.45) is 11.8 Å². The molecule has 0 aromatic heterocycles. The molecule has 0 N–H and O–H groups in total. The Morgan fingerprint density at radius 2 is 2.00 bits per heavy atom. The van der Waals surface area contributed by atoms with Crippen LogP contribution in [0.15, 0.2) is 0 Å². The van der Waals surface area contributed by atoms with Crippen LogP contribution in [0.1, 0.15) is 33.6 Å². The molecule has 0 rings (SSSR count). The first-order chi connectivity index (χ1) is 5.09. The van der Waals surface area contributed by atoms with Gasteiger partial charge in [0, 0.05) is 18.8 Å². The van der Waals surface area contributed by atoms with Crippen molar-refractivity contribution in [1.29, 1.82) is 0 Å². The highest BCUT2D eigenvalue weighted by Crippen LogP contribution is 2.13. The normalized spacial score (nSPS) is 12.6. The molecule has 1 heteroatoms. The van der Waals surface area contributed by atoms with Crippen LogP contribution in [0.2, 0.25) is 0 Å². The van der Waals surface area contributed by atoms with E-state index >= 15 is 0 Å². The van der Waals surface area contributed by atoms with Crippen LogP contribution < -0.4 is 0 Å². The molecule has 1 nitrogen and oxygen atoms in total. The molecule has 11 heavy (non-hydrogen) atoms. The highest BCUT2D eigenvalue weighted by molar-refractivity contribution is 5.81. The van der Waals surface area contributed by atoms with Gasteiger partial charge in [0.2, 0.25) is 0 Å². The van der Waals surface area contributed by atoms with Crippen LogP contribution >= 0.6 is 0 Å². The first-order valence-corrected chi connectivity index (χ1v) is 4.05. The Labute approximate surface area is 69.2 Å². The molecular formula is C10H16O. The minimum Gasteiger partial charge on any atom is -0.299 e. The second-order valence-electron chi connectivity index (χ2n) is 3.20. The Kier molecular flexibility index (Phi) is 4.61. The summed E-state index contributed by atoms with van der Waals surface area (Å²) < 4.78 is 0. The molecule has 1 unspecified atom stereocenters. The van der Waals surface area contributed by atoms with Crippen molar-refractivity contribution in [3.8, 4) is 12.3 Å². The smallest absolute Gasteiger partial charge is 0.136 e. The van der Waals surface area contributed by atoms with E-state index in [0.29, 0.717) is 18.8 Å². The maximum Gasteiger partial charge on any atom is 0.136 e. The number of rotatable bonds is 4. The van der Waals surface area contributed by atoms with Gasteiger partial charge in [-0.1, -0.05) is 20.8 Å². The molecule has 0 radical (unpaired) electrons. The van der Waals surface area contributed by atoms with Gasteiger partial charge >= 0.3 is 0 Å². The monoisotopic (exact) mass is 152 g/mol. The van der Waals surface area contributed by atoms with Crippen molar-refractivity contribution < 1.29 is 4.79 Å². The van der Waals surface area contributed by atoms with Crippen LogP contribution in [0.5, 0.6) is 0 Å². The maximum absolute atomic E-state index is 11.2. The zero-order chi connectivity index (χ0) is 8.85. The number of hydrogen-bond donors (Lipinski definition) is 0. The molecular weight excluding hydrogens is 136 g/mol. The molecule has 0 heterocycles. The van der Waals surface area contributed by atoms with Gasteiger partial charge in [0.05, 0.1) is 0 Å². The topological polar surface area (TPSA) is 17.1 Å². The molecule has 0 fully saturated rings. The molecule has 0 aliphatic rings. The van der Waals surface area contributed by atoms with Crippen molar-refractivity contribution in [2.75, 3.05) is 0 Å². The minimum absolute atomic E-state index is 0.156. The van der Waals surface area contributed by atoms with E-state index in [4.69, 9.17) is 6.42 Å². The summed E-state index contributed by atoms with van der Waals surface area (Å²) in [6.45, 7) is 6.07. The Hall–Kier alpha value is -0.770. The first-order valence-electron chi connectivity index (χ1n) is 4.05. The molecule has 0 saturated carbocycles. The summed E-state index contributed by atoms with van der Waals surface area (Å²) >= 11 is 0. The lowest BCUT2D eigenvalue weighted by molar-refractivity contribution is -0.123. The van der Waals surface area contributed by atoms with Crippen LogP contribution in [0.4, 0.5) is 0 Å². The summed E-state index contributed by atoms with van der Waals surface area (Å²) in [5, 5.41) is 0. The van der Waals surface area contributed by atoms with Crippen molar-refractivity contribution in [1.82, 2.24) is 0 Å². The fourth-order valence-electron chi connectivity index (χ4n) is 0.795. The van der Waals surface area contributed by atoms with Gasteiger partial charge in [0.1, 0.15) is 5.78 Å². The SMILES string of the molecule is C#CCCC(=O)C(C)C(C)C. The number of ketones is 1. The quantitative estimate of drug-likeness (QED) is 0.565. The summed E-state index contributed by atoms with van der Waals surface area (Å²) in [6.07, 6.45) is 6.17. The van der Waals surface area contributed by atoms with E-state index in [2.05, 4.69) is 19.8 Å². The van der Waals surface area contributed by atoms with Crippen LogP contribution in [-0.2, 0) is 4.79 Å². The van der Waals surface area contributed by atoms with E-state index in [-0.39, 0.29) is 11.7 Å². The predicted octanol–water partition coefficient (Wildman–Crippen LogP) is 2.26. The third-order valence-corrected chi connectivity index (χ3v) is 2.02. The zero-order valence-electron chi connectivity index (χ0n) is 7.55. The molecule has 0 aromatic rings. The third kappa shape index (κ3) is 3.83. The Morgan fingerprint density at radius 3 is 2.36 bits per heavy atom. The fraction of sp³-hybridized carbons (Fsp3) is 0.700. The molecule has 0 bridgehead atoms. The lowest BCUT2D eigenvalue weighted by atomic mass is 9.91. The largest absolute Gasteiger partial charge is 0.299 e. The van der Waals surface area contributed by atoms with Crippen LogP contribution in [0.3, 0.4) is 0 Å². The molecule has 0 aliphatic heterocycles. The molecule has 0 spiro atoms. The van der Waals surface area contributed by atoms with Crippen LogP contribution in [0, 0.1) is 24.2 Å². The second kappa shape index (κ2) is 4.96. The number of carbonyl (C=O) groups is 1. The standard InChI is InChI=1S/C10H16O/c1-5-6-7-10(11)9(4)8(2)3/h1,8-9H,6-7H2,2-4H3. The van der Waals surface area contributed by atoms with E-state index in [9.17, 15) is 4.79 Å². The van der Waals surface area contributed by atoms with Crippen molar-refractivity contribution >= 4 is 5.78 Å². The Morgan fingerprint density at radius 1 is 1.45 bits per heavy atom. The molecule has 1 atom stereocenters. The highest BCUT2D eigenvalue weighted by atomic mass is 16.1. The predicted molar refractivity (Wildman–Crippen MR) is 47.1 cm³/mol. The number of hydrogen-bond acceptors (Lipinski definition) is 1. The summed E-state index contributed by atoms with van der Waals surface area (Å²) in [4.78, 5) is 11.2. The van der Waals surface area contributed by atoms with Crippen LogP contribution in [0.25, 0.3) is 0 Å². The fourth-order valence-corrected chi connectivity index (χ4v) is 0.795. The van der Waals surface area contributed by atoms with Crippen molar-refractivity contribution in [3.63, 3.8) is 0 Å². The first kappa shape index (κ1) is 10.2. The van der Waals surface area contributed by atoms with Gasteiger partial charge in [-0.05, 0) is 5.92 Å². The summed E-state index contributed by atoms with van der Waals surface area (Å²) in [5.41, 5.74) is 0. The number of terminal acetylenes is 1. The van der Waals surface area contributed by atoms with Gasteiger partial charge in [-0.15, -0.1) is 12.3 Å². The van der Waals surface area contributed by atoms with Crippen molar-refractivity contribution in [2.45, 2.75) is 33.6 Å². The van der Waals surface area contributed by atoms with Crippen LogP contribution in [-0.4, -0.2) is 5.78 Å². The van der Waals surface area contributed by atoms with E-state index in [1.807, 2.05) is 6.92 Å². The Balaban J connectivity index is 3.76. The van der Waals surface area contributed by atoms with Gasteiger partial charge in [0.25, 0.3) is 0 Å². The number of Topliss-reactive ketones (excluding diaryl/α,β-unsaturated/α-hetero) is 1. The Bertz CT molecular complexity index is 162. The van der Waals surface area contributed by atoms with E-state index in [0.717, 1.165) is 0 Å². The van der Waals surface area contributed by atoms with E-state index < -0.39 is 0 Å². The van der Waals surface area contributed by atoms with E-state index in [1.54, 1.807) is 0 Å². The van der Waals surface area contributed by atoms with Gasteiger partial charge < -0.3 is 0 Å². The molecule has 0 aliphatic carbocycles. The zero-order valence-corrected chi connectivity index (χ0v) is 7.55. The van der Waals surface area contributed by atoms with E-state index in [1.165, 1.54) is 0 Å². The lowest BCUT2D eigenvalue weighted by Gasteiger charge is -2.12. The maximum atomic E-state index is 11.2. The molecule has 62 valence electrons. The summed E-state index contributed by atoms with van der Waals surface area (Å²) in [7, 11) is 0. The third-order valence-electron chi connectivity index (χ3n) is 2.02. The van der Waals surface area contributed by atoms with Gasteiger partial charge in [-0.25, -0.2) is 0 Å². The van der Waals surface area contributed by atoms with Gasteiger partial charge in [-0.2, -0.15) is 0 Å². The molecule has 0 amide bonds. The summed E-state index contributed by atoms with van der Waals surface area (Å²) in [6, 6.07) is 0. The molecule has 0 aromatic carbocycles. The van der Waals surface area contributed by atoms with Gasteiger partial charge in [-0.3, -0.25) is 4.79 Å². The van der Waals surface area contributed by atoms with Gasteiger partial charge in [0.15, 0.2) is 0 Å². The summed E-state index contributed by atoms with van der Waals surface area (Å²) in [5.74, 6) is 3.35. The lowest BCUT2D eigenvalue weighted by Crippen LogP contribution is -2.16. The minimum atomic E-state index is 0.156. The second-order valence-corrected chi connectivity index (χ2v) is 3.20. The molecule has 0 saturated heterocycles. The average Bonchev–Trinajstić information content (AvgIpc) is 1.98. The average molecular weight is 152 g/mol. The van der Waals surface area contributed by atoms with Crippen molar-refractivity contribution in [3.05, 3.63) is 0 Å².